The van der Waals surface area contributed by atoms with E-state index in [4.69, 9.17) is 6.50 Å². The van der Waals surface area contributed by atoms with E-state index in [1.807, 2.05) is 0 Å². The average molecular weight is 407 g/mol. The van der Waals surface area contributed by atoms with Crippen molar-refractivity contribution in [3.63, 3.8) is 0 Å². The molecule has 0 radical (unpaired) electrons. The Morgan fingerprint density at radius 2 is 1.15 bits per heavy atom. The zero-order chi connectivity index (χ0) is 11.6. The molecule has 0 fully saturated rings. The molecule has 0 amide bonds. The summed E-state index contributed by atoms with van der Waals surface area (Å²) in [6, 6.07) is 0. The molecule has 0 aromatic carbocycles. The van der Waals surface area contributed by atoms with Crippen LogP contribution >= 0.6 is 0 Å². The fraction of sp³-hybridized carbons (Fsp3) is 0. The van der Waals surface area contributed by atoms with Gasteiger partial charge in [-0.15, -0.1) is 0 Å². The Bertz CT molecular complexity index is 569. The summed E-state index contributed by atoms with van der Waals surface area (Å²) in [6.45, 7) is 0. The number of halogens is 6. The molecule has 0 aromatic rings. The third-order valence-electron chi connectivity index (χ3n) is 0.685. The van der Waals surface area contributed by atoms with Crippen LogP contribution in [0, 0.1) is 0 Å². The predicted molar refractivity (Wildman–Crippen MR) is 18.0 cm³/mol. The van der Waals surface area contributed by atoms with Gasteiger partial charge in [-0.2, -0.15) is 0 Å². The van der Waals surface area contributed by atoms with Crippen LogP contribution in [0.1, 0.15) is 0 Å². The summed E-state index contributed by atoms with van der Waals surface area (Å²) in [7, 11) is -8.66. The molecular formula is F6O5STa. The van der Waals surface area contributed by atoms with Crippen molar-refractivity contribution in [1.82, 2.24) is 0 Å². The van der Waals surface area contributed by atoms with Crippen molar-refractivity contribution in [2.75, 3.05) is 0 Å². The normalized spacial score (nSPS) is 26.3. The zero-order valence-corrected chi connectivity index (χ0v) is 9.19. The molecule has 0 saturated heterocycles. The minimum atomic E-state index is -15.5. The molecule has 0 unspecified atom stereocenters. The molecule has 0 N–H and O–H groups in total. The van der Waals surface area contributed by atoms with Gasteiger partial charge >= 0.3 is 59.8 Å². The standard InChI is InChI=1S/FO3S.5FH.2O.Ta/c1-4-5(2)3;;;;;;;;/h;5*1H;;;/q;;;;;;;;+5/p-5. The third kappa shape index (κ3) is 2.01. The Hall–Kier alpha value is -0.170. The van der Waals surface area contributed by atoms with Crippen molar-refractivity contribution in [2.24, 2.45) is 0 Å². The van der Waals surface area contributed by atoms with Crippen LogP contribution in [-0.2, 0) is 31.7 Å². The molecular weight excluding hydrogens is 407 g/mol. The van der Waals surface area contributed by atoms with Crippen LogP contribution < -0.4 is 0 Å². The van der Waals surface area contributed by atoms with Crippen LogP contribution in [0.4, 0.5) is 19.6 Å². The molecule has 0 atom stereocenters. The Kier molecular flexibility index (Phi) is 1.13. The summed E-state index contributed by atoms with van der Waals surface area (Å²) in [5.74, 6) is 0. The van der Waals surface area contributed by atoms with Crippen molar-refractivity contribution in [2.45, 2.75) is 0 Å². The zero-order valence-electron chi connectivity index (χ0n) is 5.16. The van der Waals surface area contributed by atoms with Crippen molar-refractivity contribution < 1.29 is 52.2 Å². The SMILES string of the molecule is O=[S](=O)(OF)[Ta](=[O])(=[O])([F])([F])([F])([F])[F]. The van der Waals surface area contributed by atoms with E-state index >= 15 is 0 Å². The first-order valence-corrected chi connectivity index (χ1v) is 16.0. The van der Waals surface area contributed by atoms with E-state index < -0.39 is 20.8 Å². The second-order valence-corrected chi connectivity index (χ2v) is 29.9. The maximum atomic E-state index is 11.4. The van der Waals surface area contributed by atoms with Gasteiger partial charge < -0.3 is 0 Å². The first-order valence-electron chi connectivity index (χ1n) is 2.05. The third-order valence-corrected chi connectivity index (χ3v) is 15.7. The predicted octanol–water partition coefficient (Wildman–Crippen LogP) is 1.54. The molecule has 83 valence electrons. The fourth-order valence-electron chi connectivity index (χ4n) is 0.0762. The van der Waals surface area contributed by atoms with Gasteiger partial charge in [0, 0.05) is 0 Å². The quantitative estimate of drug-likeness (QED) is 0.650. The molecule has 0 aromatic heterocycles. The Morgan fingerprint density at radius 1 is 0.923 bits per heavy atom. The van der Waals surface area contributed by atoms with Crippen LogP contribution in [-0.4, -0.2) is 8.42 Å². The van der Waals surface area contributed by atoms with Crippen molar-refractivity contribution >= 4 is 7.58 Å². The van der Waals surface area contributed by atoms with Crippen molar-refractivity contribution in [3.8, 4) is 0 Å². The molecule has 5 nitrogen and oxygen atoms in total. The van der Waals surface area contributed by atoms with E-state index in [2.05, 4.69) is 0 Å². The van der Waals surface area contributed by atoms with Gasteiger partial charge in [0.1, 0.15) is 0 Å². The van der Waals surface area contributed by atoms with Crippen LogP contribution in [0.2, 0.25) is 0 Å². The van der Waals surface area contributed by atoms with Crippen LogP contribution in [0.15, 0.2) is 0 Å². The van der Waals surface area contributed by atoms with E-state index in [0.29, 0.717) is 0 Å². The molecule has 0 bridgehead atoms. The fourth-order valence-corrected chi connectivity index (χ4v) is 1.87. The van der Waals surface area contributed by atoms with Crippen LogP contribution in [0.3, 0.4) is 0 Å². The minimum absolute atomic E-state index is 0.767. The molecule has 0 heterocycles. The van der Waals surface area contributed by atoms with Crippen molar-refractivity contribution in [3.05, 3.63) is 0 Å². The van der Waals surface area contributed by atoms with Crippen molar-refractivity contribution in [1.29, 1.82) is 0 Å². The molecule has 0 spiro atoms. The summed E-state index contributed by atoms with van der Waals surface area (Å²) in [5.41, 5.74) is 0. The Morgan fingerprint density at radius 3 is 1.15 bits per heavy atom. The topological polar surface area (TPSA) is 77.5 Å². The van der Waals surface area contributed by atoms with Crippen LogP contribution in [0.25, 0.3) is 0 Å². The van der Waals surface area contributed by atoms with E-state index in [1.54, 1.807) is 0 Å². The maximum absolute atomic E-state index is 15.5. The summed E-state index contributed by atoms with van der Waals surface area (Å²) >= 11 is -15.5. The molecule has 13 heteroatoms. The number of hydrogen-bond donors (Lipinski definition) is 0. The van der Waals surface area contributed by atoms with Gasteiger partial charge in [-0.3, -0.25) is 0 Å². The van der Waals surface area contributed by atoms with E-state index in [-0.39, 0.29) is 0 Å². The Labute approximate surface area is 60.3 Å². The Balaban J connectivity index is 7.22. The second-order valence-electron chi connectivity index (χ2n) is 2.39. The van der Waals surface area contributed by atoms with Gasteiger partial charge in [0.05, 0.1) is 0 Å². The van der Waals surface area contributed by atoms with Gasteiger partial charge in [-0.1, -0.05) is 0 Å². The van der Waals surface area contributed by atoms with Gasteiger partial charge in [0.2, 0.25) is 0 Å². The summed E-state index contributed by atoms with van der Waals surface area (Å²) in [6.07, 6.45) is 0. The average Bonchev–Trinajstić information content (AvgIpc) is 1.55. The molecule has 0 aliphatic heterocycles. The number of hydrogen-bond acceptors (Lipinski definition) is 5. The van der Waals surface area contributed by atoms with E-state index in [0.717, 1.165) is 4.39 Å². The first-order chi connectivity index (χ1) is 4.71. The van der Waals surface area contributed by atoms with Gasteiger partial charge in [-0.25, -0.2) is 0 Å². The second kappa shape index (κ2) is 1.14. The summed E-state index contributed by atoms with van der Waals surface area (Å²) in [4.78, 5) is 0. The molecule has 13 heavy (non-hydrogen) atoms. The van der Waals surface area contributed by atoms with Gasteiger partial charge in [-0.05, 0) is 0 Å². The van der Waals surface area contributed by atoms with Gasteiger partial charge in [0.15, 0.2) is 0 Å². The summed E-state index contributed by atoms with van der Waals surface area (Å²) in [5, 5.41) is 0. The molecule has 0 aliphatic rings. The van der Waals surface area contributed by atoms with E-state index in [9.17, 15) is 28.1 Å². The monoisotopic (exact) mass is 407 g/mol. The summed E-state index contributed by atoms with van der Waals surface area (Å²) < 4.78 is 105. The van der Waals surface area contributed by atoms with Crippen LogP contribution in [0.5, 0.6) is 0 Å². The first kappa shape index (κ1) is 12.8. The molecule has 0 saturated carbocycles. The molecule has 0 aliphatic carbocycles. The molecule has 0 rings (SSSR count). The van der Waals surface area contributed by atoms with E-state index in [1.165, 1.54) is 0 Å². The van der Waals surface area contributed by atoms with Gasteiger partial charge in [0.25, 0.3) is 0 Å². The number of rotatable bonds is 2.